The Morgan fingerprint density at radius 2 is 1.35 bits per heavy atom. The summed E-state index contributed by atoms with van der Waals surface area (Å²) in [5, 5.41) is 0. The molecule has 0 amide bonds. The van der Waals surface area contributed by atoms with Crippen LogP contribution in [0.3, 0.4) is 0 Å². The number of nitrogens with zero attached hydrogens (tertiary/aromatic N) is 2. The molecule has 2 aromatic rings. The molecule has 0 aliphatic carbocycles. The molecule has 2 N–H and O–H groups in total. The predicted octanol–water partition coefficient (Wildman–Crippen LogP) is 1.20. The average molecular weight is 278 g/mol. The summed E-state index contributed by atoms with van der Waals surface area (Å²) in [6.07, 6.45) is 7.62. The van der Waals surface area contributed by atoms with Gasteiger partial charge >= 0.3 is 24.0 Å². The summed E-state index contributed by atoms with van der Waals surface area (Å²) >= 11 is 0. The number of hydrogen-bond acceptors (Lipinski definition) is 6. The largest absolute Gasteiger partial charge is 0.392 e. The molecule has 0 saturated carbocycles. The van der Waals surface area contributed by atoms with E-state index in [-0.39, 0.29) is 36.8 Å². The fourth-order valence-corrected chi connectivity index (χ4v) is 1.47. The second kappa shape index (κ2) is 7.07. The number of aromatic amines is 2. The summed E-state index contributed by atoms with van der Waals surface area (Å²) in [7, 11) is 0. The molecule has 0 fully saturated rings. The van der Waals surface area contributed by atoms with Crippen molar-refractivity contribution in [2.24, 2.45) is 0 Å². The van der Waals surface area contributed by atoms with Crippen LogP contribution in [0.5, 0.6) is 12.0 Å². The highest BCUT2D eigenvalue weighted by Crippen LogP contribution is 2.07. The van der Waals surface area contributed by atoms with E-state index in [2.05, 4.69) is 19.9 Å². The monoisotopic (exact) mass is 278 g/mol. The van der Waals surface area contributed by atoms with Crippen LogP contribution < -0.4 is 9.47 Å². The van der Waals surface area contributed by atoms with Gasteiger partial charge in [0.15, 0.2) is 0 Å². The smallest absolute Gasteiger partial charge is 0.313 e. The molecular weight excluding hydrogens is 264 g/mol. The lowest BCUT2D eigenvalue weighted by Gasteiger charge is -2.01. The molecule has 2 heterocycles. The maximum absolute atomic E-state index is 11.4. The van der Waals surface area contributed by atoms with Gasteiger partial charge in [0.1, 0.15) is 0 Å². The molecule has 8 nitrogen and oxygen atoms in total. The molecule has 0 saturated heterocycles. The normalized spacial score (nSPS) is 10.2. The number of hydrogen-bond donors (Lipinski definition) is 2. The van der Waals surface area contributed by atoms with Crippen LogP contribution in [-0.4, -0.2) is 31.9 Å². The highest BCUT2D eigenvalue weighted by molar-refractivity contribution is 5.72. The van der Waals surface area contributed by atoms with Crippen molar-refractivity contribution in [2.75, 3.05) is 0 Å². The van der Waals surface area contributed by atoms with Crippen molar-refractivity contribution in [3.05, 3.63) is 24.8 Å². The molecule has 0 unspecified atom stereocenters. The van der Waals surface area contributed by atoms with Gasteiger partial charge in [0.05, 0.1) is 0 Å². The second-order valence-corrected chi connectivity index (χ2v) is 3.94. The Labute approximate surface area is 114 Å². The Morgan fingerprint density at radius 3 is 1.70 bits per heavy atom. The summed E-state index contributed by atoms with van der Waals surface area (Å²) in [5.41, 5.74) is 0. The minimum absolute atomic E-state index is 0.173. The van der Waals surface area contributed by atoms with Crippen LogP contribution in [0.25, 0.3) is 0 Å². The molecule has 106 valence electrons. The molecule has 0 bridgehead atoms. The van der Waals surface area contributed by atoms with Crippen molar-refractivity contribution >= 4 is 11.9 Å². The van der Waals surface area contributed by atoms with Gasteiger partial charge in [-0.3, -0.25) is 9.59 Å². The van der Waals surface area contributed by atoms with Crippen LogP contribution in [0.2, 0.25) is 0 Å². The minimum atomic E-state index is -0.389. The number of ether oxygens (including phenoxy) is 2. The average Bonchev–Trinajstić information content (AvgIpc) is 3.08. The zero-order valence-corrected chi connectivity index (χ0v) is 10.7. The van der Waals surface area contributed by atoms with Crippen molar-refractivity contribution < 1.29 is 19.1 Å². The highest BCUT2D eigenvalue weighted by Gasteiger charge is 2.09. The van der Waals surface area contributed by atoms with Gasteiger partial charge in [-0.05, 0) is 12.8 Å². The van der Waals surface area contributed by atoms with Crippen LogP contribution in [0.15, 0.2) is 24.8 Å². The van der Waals surface area contributed by atoms with E-state index in [1.165, 1.54) is 12.4 Å². The fraction of sp³-hybridized carbons (Fsp3) is 0.333. The zero-order valence-electron chi connectivity index (χ0n) is 10.7. The molecule has 0 radical (unpaired) electrons. The molecule has 8 heteroatoms. The maximum Gasteiger partial charge on any atom is 0.313 e. The molecule has 0 aliphatic rings. The van der Waals surface area contributed by atoms with Gasteiger partial charge in [-0.2, -0.15) is 0 Å². The van der Waals surface area contributed by atoms with Crippen LogP contribution in [0.4, 0.5) is 0 Å². The van der Waals surface area contributed by atoms with Crippen molar-refractivity contribution in [3.8, 4) is 12.0 Å². The number of carbonyl (C=O) groups excluding carboxylic acids is 2. The van der Waals surface area contributed by atoms with Crippen molar-refractivity contribution in [3.63, 3.8) is 0 Å². The highest BCUT2D eigenvalue weighted by atomic mass is 16.6. The van der Waals surface area contributed by atoms with E-state index < -0.39 is 0 Å². The number of nitrogens with one attached hydrogen (secondary N) is 2. The Bertz CT molecular complexity index is 486. The zero-order chi connectivity index (χ0) is 14.2. The third-order valence-electron chi connectivity index (χ3n) is 2.38. The standard InChI is InChI=1S/C12H14N4O4/c17-9(19-11-13-5-6-14-11)3-1-2-4-10(18)20-12-15-7-8-16-12/h5-8H,1-4H2,(H,13,14)(H,15,16). The van der Waals surface area contributed by atoms with E-state index in [0.29, 0.717) is 12.8 Å². The lowest BCUT2D eigenvalue weighted by Crippen LogP contribution is -2.11. The topological polar surface area (TPSA) is 110 Å². The number of H-pyrrole nitrogens is 2. The number of carbonyl (C=O) groups is 2. The Hall–Kier alpha value is -2.64. The van der Waals surface area contributed by atoms with E-state index in [4.69, 9.17) is 9.47 Å². The second-order valence-electron chi connectivity index (χ2n) is 3.94. The molecule has 0 spiro atoms. The number of imidazole rings is 2. The summed E-state index contributed by atoms with van der Waals surface area (Å²) in [4.78, 5) is 35.7. The number of esters is 2. The number of unbranched alkanes of at least 4 members (excludes halogenated alkanes) is 1. The lowest BCUT2D eigenvalue weighted by atomic mass is 10.2. The first-order valence-corrected chi connectivity index (χ1v) is 6.14. The van der Waals surface area contributed by atoms with E-state index in [9.17, 15) is 9.59 Å². The van der Waals surface area contributed by atoms with Gasteiger partial charge < -0.3 is 19.4 Å². The van der Waals surface area contributed by atoms with Gasteiger partial charge in [0, 0.05) is 37.6 Å². The number of aromatic nitrogens is 4. The van der Waals surface area contributed by atoms with Gasteiger partial charge in [0.25, 0.3) is 0 Å². The van der Waals surface area contributed by atoms with E-state index >= 15 is 0 Å². The first kappa shape index (κ1) is 13.8. The SMILES string of the molecule is O=C(CCCCC(=O)Oc1ncc[nH]1)Oc1ncc[nH]1. The lowest BCUT2D eigenvalue weighted by molar-refractivity contribution is -0.137. The Balaban J connectivity index is 1.57. The van der Waals surface area contributed by atoms with Crippen LogP contribution in [0, 0.1) is 0 Å². The molecule has 20 heavy (non-hydrogen) atoms. The van der Waals surface area contributed by atoms with Gasteiger partial charge in [0.2, 0.25) is 0 Å². The third kappa shape index (κ3) is 4.56. The minimum Gasteiger partial charge on any atom is -0.392 e. The molecule has 0 aliphatic heterocycles. The van der Waals surface area contributed by atoms with E-state index in [1.807, 2.05) is 0 Å². The van der Waals surface area contributed by atoms with Crippen LogP contribution >= 0.6 is 0 Å². The predicted molar refractivity (Wildman–Crippen MR) is 66.9 cm³/mol. The van der Waals surface area contributed by atoms with Gasteiger partial charge in [-0.15, -0.1) is 0 Å². The summed E-state index contributed by atoms with van der Waals surface area (Å²) < 4.78 is 9.82. The van der Waals surface area contributed by atoms with Gasteiger partial charge in [-0.25, -0.2) is 9.97 Å². The Morgan fingerprint density at radius 1 is 0.900 bits per heavy atom. The summed E-state index contributed by atoms with van der Waals surface area (Å²) in [5.74, 6) is -0.779. The van der Waals surface area contributed by atoms with Crippen LogP contribution in [0.1, 0.15) is 25.7 Å². The first-order valence-electron chi connectivity index (χ1n) is 6.14. The molecule has 0 atom stereocenters. The summed E-state index contributed by atoms with van der Waals surface area (Å²) in [6.45, 7) is 0. The third-order valence-corrected chi connectivity index (χ3v) is 2.38. The van der Waals surface area contributed by atoms with Crippen molar-refractivity contribution in [1.82, 2.24) is 19.9 Å². The van der Waals surface area contributed by atoms with Crippen LogP contribution in [-0.2, 0) is 9.59 Å². The van der Waals surface area contributed by atoms with Crippen molar-refractivity contribution in [1.29, 1.82) is 0 Å². The summed E-state index contributed by atoms with van der Waals surface area (Å²) in [6, 6.07) is 0.347. The van der Waals surface area contributed by atoms with E-state index in [0.717, 1.165) is 0 Å². The fourth-order valence-electron chi connectivity index (χ4n) is 1.47. The van der Waals surface area contributed by atoms with Crippen molar-refractivity contribution in [2.45, 2.75) is 25.7 Å². The molecule has 2 rings (SSSR count). The molecular formula is C12H14N4O4. The molecule has 2 aromatic heterocycles. The Kier molecular flexibility index (Phi) is 4.87. The quantitative estimate of drug-likeness (QED) is 0.581. The van der Waals surface area contributed by atoms with E-state index in [1.54, 1.807) is 12.4 Å². The first-order chi connectivity index (χ1) is 9.74. The number of rotatable bonds is 7. The van der Waals surface area contributed by atoms with Gasteiger partial charge in [-0.1, -0.05) is 0 Å². The molecule has 0 aromatic carbocycles. The maximum atomic E-state index is 11.4.